The van der Waals surface area contributed by atoms with Gasteiger partial charge in [0, 0.05) is 12.2 Å². The van der Waals surface area contributed by atoms with Crippen LogP contribution in [-0.2, 0) is 0 Å². The highest BCUT2D eigenvalue weighted by Crippen LogP contribution is 2.30. The van der Waals surface area contributed by atoms with Crippen molar-refractivity contribution in [3.05, 3.63) is 17.9 Å². The Morgan fingerprint density at radius 1 is 1.60 bits per heavy atom. The summed E-state index contributed by atoms with van der Waals surface area (Å²) in [5, 5.41) is 0.788. The minimum Gasteiger partial charge on any atom is -0.457 e. The molecule has 1 aromatic rings. The van der Waals surface area contributed by atoms with Crippen LogP contribution in [0.5, 0.6) is 0 Å². The van der Waals surface area contributed by atoms with Crippen LogP contribution < -0.4 is 0 Å². The fraction of sp³-hybridized carbons (Fsp3) is 0.286. The van der Waals surface area contributed by atoms with E-state index in [0.717, 1.165) is 16.4 Å². The molecule has 1 aliphatic heterocycles. The molecule has 0 saturated carbocycles. The zero-order chi connectivity index (χ0) is 6.97. The van der Waals surface area contributed by atoms with E-state index < -0.39 is 0 Å². The molecule has 0 radical (unpaired) electrons. The molecule has 0 aromatic carbocycles. The smallest absolute Gasteiger partial charge is 0.170 e. The summed E-state index contributed by atoms with van der Waals surface area (Å²) >= 11 is 1.61. The number of hydrogen-bond donors (Lipinski definition) is 0. The average molecular weight is 154 g/mol. The van der Waals surface area contributed by atoms with Crippen LogP contribution >= 0.6 is 11.8 Å². The minimum absolute atomic E-state index is 0.211. The van der Waals surface area contributed by atoms with Crippen LogP contribution in [0, 0.1) is 0 Å². The first-order chi connectivity index (χ1) is 4.88. The molecule has 10 heavy (non-hydrogen) atoms. The van der Waals surface area contributed by atoms with Crippen molar-refractivity contribution in [3.63, 3.8) is 0 Å². The van der Waals surface area contributed by atoms with E-state index in [9.17, 15) is 4.79 Å². The van der Waals surface area contributed by atoms with Crippen molar-refractivity contribution in [1.82, 2.24) is 0 Å². The molecule has 0 bridgehead atoms. The van der Waals surface area contributed by atoms with Gasteiger partial charge < -0.3 is 4.42 Å². The predicted molar refractivity (Wildman–Crippen MR) is 38.4 cm³/mol. The number of furan rings is 1. The lowest BCUT2D eigenvalue weighted by Crippen LogP contribution is -2.04. The van der Waals surface area contributed by atoms with Gasteiger partial charge >= 0.3 is 0 Å². The first kappa shape index (κ1) is 6.04. The van der Waals surface area contributed by atoms with Gasteiger partial charge in [0.05, 0.1) is 11.8 Å². The van der Waals surface area contributed by atoms with Crippen LogP contribution in [0.15, 0.2) is 21.8 Å². The maximum atomic E-state index is 11.1. The van der Waals surface area contributed by atoms with Crippen LogP contribution in [0.2, 0.25) is 0 Å². The summed E-state index contributed by atoms with van der Waals surface area (Å²) in [6.45, 7) is 0. The zero-order valence-electron chi connectivity index (χ0n) is 5.29. The van der Waals surface area contributed by atoms with E-state index in [-0.39, 0.29) is 5.78 Å². The third-order valence-corrected chi connectivity index (χ3v) is 2.48. The van der Waals surface area contributed by atoms with Crippen molar-refractivity contribution in [3.8, 4) is 0 Å². The summed E-state index contributed by atoms with van der Waals surface area (Å²) in [6.07, 6.45) is 2.22. The predicted octanol–water partition coefficient (Wildman–Crippen LogP) is 1.96. The molecule has 1 aromatic heterocycles. The summed E-state index contributed by atoms with van der Waals surface area (Å²) in [5.74, 6) is 1.07. The van der Waals surface area contributed by atoms with Gasteiger partial charge in [-0.15, -0.1) is 0 Å². The fourth-order valence-electron chi connectivity index (χ4n) is 0.985. The van der Waals surface area contributed by atoms with Gasteiger partial charge in [0.1, 0.15) is 0 Å². The molecule has 3 heteroatoms. The van der Waals surface area contributed by atoms with Gasteiger partial charge in [-0.2, -0.15) is 0 Å². The highest BCUT2D eigenvalue weighted by atomic mass is 32.2. The first-order valence-corrected chi connectivity index (χ1v) is 4.10. The van der Waals surface area contributed by atoms with Crippen molar-refractivity contribution >= 4 is 17.5 Å². The third kappa shape index (κ3) is 0.778. The van der Waals surface area contributed by atoms with E-state index in [1.807, 2.05) is 0 Å². The van der Waals surface area contributed by atoms with Gasteiger partial charge in [0.2, 0.25) is 0 Å². The van der Waals surface area contributed by atoms with Gasteiger partial charge in [-0.1, -0.05) is 11.8 Å². The summed E-state index contributed by atoms with van der Waals surface area (Å²) in [4.78, 5) is 11.1. The van der Waals surface area contributed by atoms with E-state index in [4.69, 9.17) is 4.42 Å². The Bertz CT molecular complexity index is 264. The van der Waals surface area contributed by atoms with Gasteiger partial charge in [-0.05, 0) is 6.07 Å². The number of fused-ring (bicyclic) bond motifs is 1. The summed E-state index contributed by atoms with van der Waals surface area (Å²) < 4.78 is 5.07. The second-order valence-electron chi connectivity index (χ2n) is 2.14. The molecule has 52 valence electrons. The second kappa shape index (κ2) is 2.16. The lowest BCUT2D eigenvalue weighted by atomic mass is 10.2. The lowest BCUT2D eigenvalue weighted by Gasteiger charge is -2.05. The lowest BCUT2D eigenvalue weighted by molar-refractivity contribution is 0.0982. The van der Waals surface area contributed by atoms with Gasteiger partial charge in [-0.3, -0.25) is 4.79 Å². The summed E-state index contributed by atoms with van der Waals surface area (Å²) in [7, 11) is 0. The number of Topliss-reactive ketones (excluding diaryl/α,β-unsaturated/α-hetero) is 1. The number of hydrogen-bond acceptors (Lipinski definition) is 3. The fourth-order valence-corrected chi connectivity index (χ4v) is 1.92. The van der Waals surface area contributed by atoms with E-state index in [0.29, 0.717) is 6.42 Å². The molecular weight excluding hydrogens is 148 g/mol. The maximum Gasteiger partial charge on any atom is 0.170 e. The van der Waals surface area contributed by atoms with Gasteiger partial charge in [0.15, 0.2) is 10.9 Å². The molecule has 0 atom stereocenters. The highest BCUT2D eigenvalue weighted by Gasteiger charge is 2.19. The van der Waals surface area contributed by atoms with Crippen LogP contribution in [0.1, 0.15) is 16.8 Å². The number of ketones is 1. The summed E-state index contributed by atoms with van der Waals surface area (Å²) in [5.41, 5.74) is 0.760. The molecule has 2 nitrogen and oxygen atoms in total. The Morgan fingerprint density at radius 3 is 3.30 bits per heavy atom. The van der Waals surface area contributed by atoms with E-state index in [1.54, 1.807) is 24.1 Å². The van der Waals surface area contributed by atoms with Crippen LogP contribution in [0.4, 0.5) is 0 Å². The van der Waals surface area contributed by atoms with Crippen molar-refractivity contribution in [2.45, 2.75) is 11.5 Å². The van der Waals surface area contributed by atoms with Crippen molar-refractivity contribution in [1.29, 1.82) is 0 Å². The monoisotopic (exact) mass is 154 g/mol. The van der Waals surface area contributed by atoms with E-state index >= 15 is 0 Å². The highest BCUT2D eigenvalue weighted by molar-refractivity contribution is 7.99. The van der Waals surface area contributed by atoms with Crippen LogP contribution in [0.25, 0.3) is 0 Å². The topological polar surface area (TPSA) is 30.2 Å². The minimum atomic E-state index is 0.211. The van der Waals surface area contributed by atoms with Crippen molar-refractivity contribution < 1.29 is 9.21 Å². The second-order valence-corrected chi connectivity index (χ2v) is 3.21. The number of carbonyl (C=O) groups excluding carboxylic acids is 1. The maximum absolute atomic E-state index is 11.1. The Hall–Kier alpha value is -0.700. The van der Waals surface area contributed by atoms with E-state index in [1.165, 1.54) is 0 Å². The summed E-state index contributed by atoms with van der Waals surface area (Å²) in [6, 6.07) is 1.74. The molecule has 2 heterocycles. The normalized spacial score (nSPS) is 17.0. The molecule has 0 aliphatic carbocycles. The zero-order valence-corrected chi connectivity index (χ0v) is 6.11. The van der Waals surface area contributed by atoms with Gasteiger partial charge in [0.25, 0.3) is 0 Å². The van der Waals surface area contributed by atoms with Crippen molar-refractivity contribution in [2.24, 2.45) is 0 Å². The molecule has 0 spiro atoms. The standard InChI is InChI=1S/C7H6O2S/c8-6-2-4-10-7-5(6)1-3-9-7/h1,3H,2,4H2. The molecule has 1 aliphatic rings. The molecule has 2 rings (SSSR count). The molecule has 0 N–H and O–H groups in total. The average Bonchev–Trinajstić information content (AvgIpc) is 2.36. The molecule has 0 saturated heterocycles. The molecule has 0 unspecified atom stereocenters. The Kier molecular flexibility index (Phi) is 1.31. The van der Waals surface area contributed by atoms with Crippen molar-refractivity contribution in [2.75, 3.05) is 5.75 Å². The van der Waals surface area contributed by atoms with Gasteiger partial charge in [-0.25, -0.2) is 0 Å². The Morgan fingerprint density at radius 2 is 2.50 bits per heavy atom. The Labute approximate surface area is 62.6 Å². The quantitative estimate of drug-likeness (QED) is 0.572. The molecular formula is C7H6O2S. The van der Waals surface area contributed by atoms with Crippen LogP contribution in [-0.4, -0.2) is 11.5 Å². The largest absolute Gasteiger partial charge is 0.457 e. The third-order valence-electron chi connectivity index (χ3n) is 1.49. The first-order valence-electron chi connectivity index (χ1n) is 3.11. The Balaban J connectivity index is 2.50. The van der Waals surface area contributed by atoms with Crippen LogP contribution in [0.3, 0.4) is 0 Å². The SMILES string of the molecule is O=C1CCSc2occc21. The number of carbonyl (C=O) groups is 1. The molecule has 0 fully saturated rings. The number of rotatable bonds is 0. The number of thioether (sulfide) groups is 1. The molecule has 0 amide bonds. The van der Waals surface area contributed by atoms with E-state index in [2.05, 4.69) is 0 Å².